The van der Waals surface area contributed by atoms with Gasteiger partial charge in [0.1, 0.15) is 25.2 Å². The van der Waals surface area contributed by atoms with Crippen LogP contribution in [0, 0.1) is 17.0 Å². The number of nitro groups is 1. The van der Waals surface area contributed by atoms with Crippen molar-refractivity contribution in [3.8, 4) is 0 Å². The van der Waals surface area contributed by atoms with Gasteiger partial charge in [-0.05, 0) is 6.92 Å². The summed E-state index contributed by atoms with van der Waals surface area (Å²) in [5.74, 6) is -0.354. The highest BCUT2D eigenvalue weighted by Crippen LogP contribution is 2.16. The zero-order valence-corrected chi connectivity index (χ0v) is 11.5. The van der Waals surface area contributed by atoms with Gasteiger partial charge in [0.05, 0.1) is 23.0 Å². The molecule has 0 saturated carbocycles. The molecule has 0 aromatic carbocycles. The van der Waals surface area contributed by atoms with Crippen molar-refractivity contribution < 1.29 is 14.5 Å². The zero-order chi connectivity index (χ0) is 15.4. The number of methoxy groups -OCH3 is 1. The summed E-state index contributed by atoms with van der Waals surface area (Å²) in [6.45, 7) is 1.70. The molecule has 0 radical (unpaired) electrons. The van der Waals surface area contributed by atoms with Crippen molar-refractivity contribution in [3.63, 3.8) is 0 Å². The van der Waals surface area contributed by atoms with Crippen LogP contribution in [0.4, 0.5) is 11.4 Å². The summed E-state index contributed by atoms with van der Waals surface area (Å²) in [4.78, 5) is 22.0. The van der Waals surface area contributed by atoms with E-state index in [1.807, 2.05) is 0 Å². The fourth-order valence-electron chi connectivity index (χ4n) is 1.74. The lowest BCUT2D eigenvalue weighted by Crippen LogP contribution is -2.20. The van der Waals surface area contributed by atoms with Gasteiger partial charge in [-0.15, -0.1) is 0 Å². The number of rotatable bonds is 6. The van der Waals surface area contributed by atoms with Gasteiger partial charge < -0.3 is 10.1 Å². The maximum Gasteiger partial charge on any atom is 0.309 e. The number of aromatic nitrogens is 4. The number of nitrogens with one attached hydrogen (secondary N) is 1. The molecular weight excluding hydrogens is 280 g/mol. The monoisotopic (exact) mass is 294 g/mol. The Kier molecular flexibility index (Phi) is 4.28. The molecule has 0 aliphatic carbocycles. The fourth-order valence-corrected chi connectivity index (χ4v) is 1.74. The van der Waals surface area contributed by atoms with E-state index in [-0.39, 0.29) is 24.9 Å². The van der Waals surface area contributed by atoms with E-state index in [0.29, 0.717) is 11.4 Å². The normalized spacial score (nSPS) is 10.6. The van der Waals surface area contributed by atoms with Gasteiger partial charge in [-0.2, -0.15) is 10.2 Å². The van der Waals surface area contributed by atoms with Crippen LogP contribution < -0.4 is 5.32 Å². The number of ether oxygens (including phenoxy) is 1. The van der Waals surface area contributed by atoms with Crippen LogP contribution in [-0.4, -0.2) is 37.5 Å². The minimum Gasteiger partial charge on any atom is -0.362 e. The van der Waals surface area contributed by atoms with E-state index in [0.717, 1.165) is 6.20 Å². The quantitative estimate of drug-likeness (QED) is 0.613. The Bertz CT molecular complexity index is 661. The number of hydrogen-bond acceptors (Lipinski definition) is 6. The topological polar surface area (TPSA) is 117 Å². The van der Waals surface area contributed by atoms with E-state index in [1.54, 1.807) is 6.20 Å². The van der Waals surface area contributed by atoms with Gasteiger partial charge in [0.25, 0.3) is 0 Å². The third-order valence-corrected chi connectivity index (χ3v) is 2.75. The Morgan fingerprint density at radius 3 is 2.86 bits per heavy atom. The van der Waals surface area contributed by atoms with Gasteiger partial charge in [0, 0.05) is 7.11 Å². The molecule has 0 fully saturated rings. The molecule has 10 nitrogen and oxygen atoms in total. The van der Waals surface area contributed by atoms with Crippen molar-refractivity contribution in [2.75, 3.05) is 12.4 Å². The first-order valence-electron chi connectivity index (χ1n) is 5.99. The van der Waals surface area contributed by atoms with Crippen LogP contribution in [0.2, 0.25) is 0 Å². The lowest BCUT2D eigenvalue weighted by atomic mass is 10.4. The molecule has 2 aromatic rings. The summed E-state index contributed by atoms with van der Waals surface area (Å²) in [6.07, 6.45) is 4.22. The molecule has 0 spiro atoms. The van der Waals surface area contributed by atoms with E-state index < -0.39 is 4.92 Å². The molecule has 0 aliphatic rings. The number of amides is 1. The average molecular weight is 294 g/mol. The molecular formula is C11H14N6O4. The van der Waals surface area contributed by atoms with E-state index in [2.05, 4.69) is 15.5 Å². The van der Waals surface area contributed by atoms with Crippen LogP contribution in [0.3, 0.4) is 0 Å². The van der Waals surface area contributed by atoms with E-state index >= 15 is 0 Å². The highest BCUT2D eigenvalue weighted by molar-refractivity contribution is 5.90. The second-order valence-corrected chi connectivity index (χ2v) is 4.26. The minimum absolute atomic E-state index is 0.115. The second kappa shape index (κ2) is 6.13. The molecule has 2 rings (SSSR count). The minimum atomic E-state index is -0.536. The molecule has 0 atom stereocenters. The number of nitrogens with zero attached hydrogens (tertiary/aromatic N) is 5. The average Bonchev–Trinajstić information content (AvgIpc) is 2.98. The molecule has 0 unspecified atom stereocenters. The highest BCUT2D eigenvalue weighted by atomic mass is 16.6. The molecule has 2 aromatic heterocycles. The van der Waals surface area contributed by atoms with Gasteiger partial charge in [-0.25, -0.2) is 4.68 Å². The third kappa shape index (κ3) is 3.42. The number of hydrogen-bond donors (Lipinski definition) is 1. The Balaban J connectivity index is 1.99. The van der Waals surface area contributed by atoms with E-state index in [1.165, 1.54) is 29.6 Å². The van der Waals surface area contributed by atoms with Crippen LogP contribution in [-0.2, 0) is 22.8 Å². The Morgan fingerprint density at radius 1 is 1.48 bits per heavy atom. The second-order valence-electron chi connectivity index (χ2n) is 4.26. The summed E-state index contributed by atoms with van der Waals surface area (Å²) in [5.41, 5.74) is 0.720. The molecule has 0 saturated heterocycles. The predicted molar refractivity (Wildman–Crippen MR) is 71.5 cm³/mol. The van der Waals surface area contributed by atoms with Gasteiger partial charge in [0.15, 0.2) is 0 Å². The van der Waals surface area contributed by atoms with Crippen LogP contribution in [0.25, 0.3) is 0 Å². The molecule has 1 N–H and O–H groups in total. The van der Waals surface area contributed by atoms with Crippen LogP contribution in [0.5, 0.6) is 0 Å². The van der Waals surface area contributed by atoms with Gasteiger partial charge >= 0.3 is 5.69 Å². The Hall–Kier alpha value is -2.75. The molecule has 1 amide bonds. The summed E-state index contributed by atoms with van der Waals surface area (Å²) in [7, 11) is 1.54. The van der Waals surface area contributed by atoms with Gasteiger partial charge in [-0.1, -0.05) is 0 Å². The molecule has 112 valence electrons. The summed E-state index contributed by atoms with van der Waals surface area (Å²) in [6, 6.07) is 0. The van der Waals surface area contributed by atoms with Crippen LogP contribution >= 0.6 is 0 Å². The highest BCUT2D eigenvalue weighted by Gasteiger charge is 2.18. The van der Waals surface area contributed by atoms with Crippen LogP contribution in [0.15, 0.2) is 18.6 Å². The first-order valence-corrected chi connectivity index (χ1v) is 5.99. The number of anilines is 1. The largest absolute Gasteiger partial charge is 0.362 e. The maximum absolute atomic E-state index is 11.9. The molecule has 2 heterocycles. The number of carbonyl (C=O) groups excluding carboxylic acids is 1. The van der Waals surface area contributed by atoms with Crippen molar-refractivity contribution in [2.24, 2.45) is 0 Å². The SMILES string of the molecule is COCn1cc(NC(=O)Cn2ncc([N+](=O)[O-])c2C)cn1. The van der Waals surface area contributed by atoms with Crippen molar-refractivity contribution in [3.05, 3.63) is 34.4 Å². The van der Waals surface area contributed by atoms with E-state index in [9.17, 15) is 14.9 Å². The third-order valence-electron chi connectivity index (χ3n) is 2.75. The fraction of sp³-hybridized carbons (Fsp3) is 0.364. The first kappa shape index (κ1) is 14.7. The number of carbonyl (C=O) groups is 1. The zero-order valence-electron chi connectivity index (χ0n) is 11.5. The van der Waals surface area contributed by atoms with Crippen molar-refractivity contribution in [1.82, 2.24) is 19.6 Å². The molecule has 21 heavy (non-hydrogen) atoms. The Morgan fingerprint density at radius 2 is 2.24 bits per heavy atom. The van der Waals surface area contributed by atoms with Gasteiger partial charge in [-0.3, -0.25) is 19.6 Å². The standard InChI is InChI=1S/C11H14N6O4/c1-8-10(17(19)20)4-13-16(8)6-11(18)14-9-3-12-15(5-9)7-21-2/h3-5H,6-7H2,1-2H3,(H,14,18). The predicted octanol–water partition coefficient (Wildman–Crippen LogP) is 0.539. The summed E-state index contributed by atoms with van der Waals surface area (Å²) in [5, 5.41) is 21.1. The van der Waals surface area contributed by atoms with Gasteiger partial charge in [0.2, 0.25) is 5.91 Å². The summed E-state index contributed by atoms with van der Waals surface area (Å²) < 4.78 is 7.68. The lowest BCUT2D eigenvalue weighted by molar-refractivity contribution is -0.385. The Labute approximate surface area is 119 Å². The maximum atomic E-state index is 11.9. The van der Waals surface area contributed by atoms with E-state index in [4.69, 9.17) is 4.74 Å². The molecule has 0 bridgehead atoms. The van der Waals surface area contributed by atoms with Crippen LogP contribution in [0.1, 0.15) is 5.69 Å². The van der Waals surface area contributed by atoms with Crippen molar-refractivity contribution in [2.45, 2.75) is 20.2 Å². The lowest BCUT2D eigenvalue weighted by Gasteiger charge is -2.04. The first-order chi connectivity index (χ1) is 10.0. The van der Waals surface area contributed by atoms with Crippen molar-refractivity contribution >= 4 is 17.3 Å². The van der Waals surface area contributed by atoms with Crippen molar-refractivity contribution in [1.29, 1.82) is 0 Å². The molecule has 10 heteroatoms. The summed E-state index contributed by atoms with van der Waals surface area (Å²) >= 11 is 0. The smallest absolute Gasteiger partial charge is 0.309 e. The molecule has 0 aliphatic heterocycles.